The highest BCUT2D eigenvalue weighted by molar-refractivity contribution is 7.09. The quantitative estimate of drug-likeness (QED) is 0.00749. The first-order valence-electron chi connectivity index (χ1n) is 44.0. The van der Waals surface area contributed by atoms with Crippen molar-refractivity contribution in [1.29, 1.82) is 0 Å². The van der Waals surface area contributed by atoms with Gasteiger partial charge in [0.15, 0.2) is 6.10 Å². The summed E-state index contributed by atoms with van der Waals surface area (Å²) in [6, 6.07) is 22.0. The number of piperidine rings is 1. The van der Waals surface area contributed by atoms with Crippen LogP contribution in [-0.4, -0.2) is 214 Å². The Morgan fingerprint density at radius 3 is 1.98 bits per heavy atom. The third-order valence-electron chi connectivity index (χ3n) is 21.6. The molecule has 9 atom stereocenters. The molecule has 127 heavy (non-hydrogen) atoms. The summed E-state index contributed by atoms with van der Waals surface area (Å²) in [7, 11) is 1.91. The van der Waals surface area contributed by atoms with E-state index in [2.05, 4.69) is 66.8 Å². The van der Waals surface area contributed by atoms with Crippen LogP contribution in [0.5, 0.6) is 5.75 Å². The molecule has 34 nitrogen and oxygen atoms in total. The van der Waals surface area contributed by atoms with Gasteiger partial charge in [0, 0.05) is 79.9 Å². The molecule has 0 radical (unpaired) electrons. The highest BCUT2D eigenvalue weighted by atomic mass is 32.1. The lowest BCUT2D eigenvalue weighted by Gasteiger charge is -2.39. The number of primary amides is 1. The number of thiazole rings is 1. The summed E-state index contributed by atoms with van der Waals surface area (Å²) in [4.78, 5) is 176. The SMILES string of the molecule is CCCCCCON(C(=O)[C@@H](NC(=O)[C@H]1CCCCN1C)[C@@H](C)CC)[C@H](C[C@@H](OC(C)=O)c1nc(C(=O)N[C@@H](Cc2ccc(O)cc2)C[C@H](C)C(=O)NNC(=O)OCc2ccc(NC(=O)[C@H](CCCNC(N)=O)NC(=O)[C@@H](NC(=O)CCOCCOCCOCCOCCNC(=O)CCC(=O)N3Cc4ccccc4C#Cc4ccccc43)C(C)C)cc2)cs1)C(C)C. The molecular weight excluding hydrogens is 1650 g/mol. The Kier molecular flexibility index (Phi) is 45.0. The lowest BCUT2D eigenvalue weighted by molar-refractivity contribution is -0.213. The number of rotatable bonds is 54. The number of hydroxylamine groups is 2. The number of hydrazine groups is 1. The number of carbonyl (C=O) groups is 12. The fourth-order valence-electron chi connectivity index (χ4n) is 14.2. The van der Waals surface area contributed by atoms with Gasteiger partial charge in [-0.2, -0.15) is 0 Å². The number of nitrogens with zero attached hydrogens (tertiary/aromatic N) is 4. The molecule has 694 valence electrons. The van der Waals surface area contributed by atoms with E-state index in [1.807, 2.05) is 88.2 Å². The van der Waals surface area contributed by atoms with E-state index in [1.165, 1.54) is 29.5 Å². The monoisotopic (exact) mass is 1780 g/mol. The normalized spacial score (nSPS) is 14.9. The van der Waals surface area contributed by atoms with Gasteiger partial charge in [0.1, 0.15) is 41.2 Å². The van der Waals surface area contributed by atoms with Crippen LogP contribution in [0.4, 0.5) is 21.0 Å². The van der Waals surface area contributed by atoms with E-state index in [-0.39, 0.29) is 176 Å². The van der Waals surface area contributed by atoms with E-state index in [0.29, 0.717) is 54.9 Å². The fraction of sp³-hybridized carbons (Fsp3) is 0.554. The molecule has 12 N–H and O–H groups in total. The van der Waals surface area contributed by atoms with Gasteiger partial charge in [0.25, 0.3) is 11.8 Å². The number of likely N-dealkylation sites (N-methyl/N-ethyl adjacent to an activating group) is 1. The second-order valence-electron chi connectivity index (χ2n) is 32.4. The molecule has 0 bridgehead atoms. The molecule has 0 aliphatic carbocycles. The van der Waals surface area contributed by atoms with Crippen molar-refractivity contribution < 1.29 is 95.9 Å². The van der Waals surface area contributed by atoms with E-state index in [4.69, 9.17) is 44.0 Å². The van der Waals surface area contributed by atoms with E-state index in [0.717, 1.165) is 66.7 Å². The van der Waals surface area contributed by atoms with Crippen LogP contribution in [0.2, 0.25) is 0 Å². The molecule has 0 saturated carbocycles. The van der Waals surface area contributed by atoms with Crippen molar-refractivity contribution in [2.45, 2.75) is 221 Å². The second-order valence-corrected chi connectivity index (χ2v) is 33.3. The number of phenols is 1. The standard InChI is InChI=1S/C92H130N14O20S/c1-11-13-14-21-45-125-106(90(117)83(62(7)12-2)101-87(115)76-28-19-20-44-104(76)10)77(60(3)4)56-78(126-64(9)107)89-99-74(59-127-89)86(114)97-71(55-65-31-37-72(108)38-32-65)54-63(8)84(112)102-103-92(119)124-58-66-29-35-70(36-30-66)96-85(113)73(26-22-42-95-91(93)118)98-88(116)82(61(5)6)100-80(110)41-46-120-48-50-122-52-53-123-51-49-121-47-43-94-79(109)39-40-81(111)105-57-69-25-16-15-23-67(69)33-34-68-24-17-18-27-75(68)105/h15-18,23-25,27,29-32,35-38,59-63,71,73,76-78,82-83,108H,11-14,19-22,26,28,39-58H2,1-10H3,(H,94,109)(H,96,113)(H,97,114)(H,98,116)(H,100,110)(H,101,115)(H,102,112)(H,103,119)(H3,93,95,118)/t62-,63-,71+,73-,76+,77+,78+,82-,83-/m0/s1. The number of para-hydroxylation sites is 1. The van der Waals surface area contributed by atoms with Gasteiger partial charge in [-0.3, -0.25) is 63.1 Å². The van der Waals surface area contributed by atoms with Crippen LogP contribution in [0.3, 0.4) is 0 Å². The molecule has 4 aromatic carbocycles. The summed E-state index contributed by atoms with van der Waals surface area (Å²) in [6.45, 7) is 19.4. The largest absolute Gasteiger partial charge is 0.508 e. The number of amides is 12. The summed E-state index contributed by atoms with van der Waals surface area (Å²) in [6.07, 6.45) is 5.09. The van der Waals surface area contributed by atoms with E-state index < -0.39 is 102 Å². The number of anilines is 2. The number of unbranched alkanes of at least 4 members (excludes halogenated alkanes) is 3. The third kappa shape index (κ3) is 36.3. The maximum atomic E-state index is 15.1. The van der Waals surface area contributed by atoms with Gasteiger partial charge in [-0.25, -0.2) is 25.1 Å². The van der Waals surface area contributed by atoms with E-state index >= 15 is 4.79 Å². The second kappa shape index (κ2) is 55.5. The number of urea groups is 1. The molecule has 0 unspecified atom stereocenters. The van der Waals surface area contributed by atoms with Crippen LogP contribution in [0, 0.1) is 35.5 Å². The van der Waals surface area contributed by atoms with Gasteiger partial charge in [-0.1, -0.05) is 154 Å². The predicted molar refractivity (Wildman–Crippen MR) is 478 cm³/mol. The Bertz CT molecular complexity index is 4430. The highest BCUT2D eigenvalue weighted by Gasteiger charge is 2.41. The van der Waals surface area contributed by atoms with Crippen LogP contribution < -0.4 is 58.7 Å². The van der Waals surface area contributed by atoms with Crippen LogP contribution in [-0.2, 0) is 96.0 Å². The third-order valence-corrected chi connectivity index (χ3v) is 22.6. The minimum Gasteiger partial charge on any atom is -0.508 e. The molecular formula is C92H130N14O20S. The summed E-state index contributed by atoms with van der Waals surface area (Å²) in [5.41, 5.74) is 14.6. The van der Waals surface area contributed by atoms with Crippen molar-refractivity contribution in [2.75, 3.05) is 96.4 Å². The summed E-state index contributed by atoms with van der Waals surface area (Å²) < 4.78 is 33.7. The van der Waals surface area contributed by atoms with Crippen molar-refractivity contribution >= 4 is 94.0 Å². The molecule has 1 saturated heterocycles. The number of aromatic nitrogens is 1. The Balaban J connectivity index is 0.818. The minimum atomic E-state index is -1.15. The summed E-state index contributed by atoms with van der Waals surface area (Å²) in [5.74, 6) is -0.0684. The zero-order valence-electron chi connectivity index (χ0n) is 74.9. The number of aromatic hydroxyl groups is 1. The molecule has 35 heteroatoms. The van der Waals surface area contributed by atoms with Crippen LogP contribution in [0.15, 0.2) is 102 Å². The first-order valence-corrected chi connectivity index (χ1v) is 44.9. The Morgan fingerprint density at radius 2 is 1.31 bits per heavy atom. The zero-order valence-corrected chi connectivity index (χ0v) is 75.7. The summed E-state index contributed by atoms with van der Waals surface area (Å²) in [5, 5.41) is 32.9. The molecule has 3 heterocycles. The van der Waals surface area contributed by atoms with Crippen molar-refractivity contribution in [3.63, 3.8) is 0 Å². The van der Waals surface area contributed by atoms with Crippen molar-refractivity contribution in [3.8, 4) is 17.6 Å². The average molecular weight is 1780 g/mol. The first-order chi connectivity index (χ1) is 61.0. The number of carbonyl (C=O) groups excluding carboxylic acids is 12. The topological polar surface area (TPSA) is 447 Å². The zero-order chi connectivity index (χ0) is 92.2. The molecule has 1 fully saturated rings. The maximum absolute atomic E-state index is 15.1. The fourth-order valence-corrected chi connectivity index (χ4v) is 15.0. The molecule has 12 amide bonds. The molecule has 0 spiro atoms. The van der Waals surface area contributed by atoms with Gasteiger partial charge in [0.2, 0.25) is 41.4 Å². The lowest BCUT2D eigenvalue weighted by atomic mass is 9.93. The number of fused-ring (bicyclic) bond motifs is 2. The van der Waals surface area contributed by atoms with E-state index in [1.54, 1.807) is 62.1 Å². The van der Waals surface area contributed by atoms with Gasteiger partial charge in [0.05, 0.1) is 83.8 Å². The van der Waals surface area contributed by atoms with Gasteiger partial charge in [-0.15, -0.1) is 11.3 Å². The van der Waals surface area contributed by atoms with E-state index in [9.17, 15) is 57.8 Å². The number of ether oxygens (including phenoxy) is 6. The number of hydrogen-bond acceptors (Lipinski definition) is 23. The molecule has 7 rings (SSSR count). The lowest BCUT2D eigenvalue weighted by Crippen LogP contribution is -2.58. The number of hydrogen-bond donors (Lipinski definition) is 11. The predicted octanol–water partition coefficient (Wildman–Crippen LogP) is 8.86. The first kappa shape index (κ1) is 103. The number of likely N-dealkylation sites (tertiary alicyclic amines) is 1. The van der Waals surface area contributed by atoms with Crippen LogP contribution >= 0.6 is 11.3 Å². The molecule has 1 aromatic heterocycles. The van der Waals surface area contributed by atoms with Crippen LogP contribution in [0.1, 0.15) is 208 Å². The number of esters is 1. The average Bonchev–Trinajstić information content (AvgIpc) is 1.30. The number of benzene rings is 4. The Labute approximate surface area is 748 Å². The number of phenolic OH excluding ortho intramolecular Hbond substituents is 1. The minimum absolute atomic E-state index is 0.0133. The number of nitrogens with one attached hydrogen (secondary N) is 9. The van der Waals surface area contributed by atoms with Gasteiger partial charge >= 0.3 is 18.1 Å². The summed E-state index contributed by atoms with van der Waals surface area (Å²) >= 11 is 1.09. The van der Waals surface area contributed by atoms with Crippen LogP contribution in [0.25, 0.3) is 0 Å². The molecule has 2 aliphatic rings. The van der Waals surface area contributed by atoms with Gasteiger partial charge in [-0.05, 0) is 135 Å². The van der Waals surface area contributed by atoms with Gasteiger partial charge < -0.3 is 81.4 Å². The smallest absolute Gasteiger partial charge is 0.426 e. The molecule has 2 aliphatic heterocycles. The number of nitrogens with two attached hydrogens (primary N) is 1. The Morgan fingerprint density at radius 1 is 0.646 bits per heavy atom. The Hall–Kier alpha value is -11.1. The molecule has 5 aromatic rings. The highest BCUT2D eigenvalue weighted by Crippen LogP contribution is 2.33. The van der Waals surface area contributed by atoms with Crippen molar-refractivity contribution in [2.24, 2.45) is 29.4 Å². The van der Waals surface area contributed by atoms with Crippen molar-refractivity contribution in [3.05, 3.63) is 141 Å². The van der Waals surface area contributed by atoms with Crippen molar-refractivity contribution in [1.82, 2.24) is 57.7 Å². The maximum Gasteiger partial charge on any atom is 0.426 e.